The summed E-state index contributed by atoms with van der Waals surface area (Å²) < 4.78 is 4.02. The average molecular weight is 618 g/mol. The monoisotopic (exact) mass is 614 g/mol. The summed E-state index contributed by atoms with van der Waals surface area (Å²) in [4.78, 5) is 0. The predicted octanol–water partition coefficient (Wildman–Crippen LogP) is 1.18. The molecule has 28 heavy (non-hydrogen) atoms. The van der Waals surface area contributed by atoms with E-state index in [4.69, 9.17) is 0 Å². The number of fused-ring (bicyclic) bond motifs is 3. The molecule has 0 aliphatic heterocycles. The van der Waals surface area contributed by atoms with Crippen LogP contribution in [0.1, 0.15) is 43.2 Å². The van der Waals surface area contributed by atoms with Gasteiger partial charge < -0.3 is 24.8 Å². The molecular formula is C23H20Br2Cl2Zr-2. The Morgan fingerprint density at radius 1 is 0.929 bits per heavy atom. The van der Waals surface area contributed by atoms with Gasteiger partial charge in [-0.15, -0.1) is 27.9 Å². The molecule has 0 aromatic heterocycles. The van der Waals surface area contributed by atoms with E-state index in [2.05, 4.69) is 74.3 Å². The second kappa shape index (κ2) is 13.5. The Bertz CT molecular complexity index is 792. The number of rotatable bonds is 0. The summed E-state index contributed by atoms with van der Waals surface area (Å²) in [5, 5.41) is 0. The molecule has 5 rings (SSSR count). The maximum absolute atomic E-state index is 3.51. The molecule has 0 atom stereocenters. The summed E-state index contributed by atoms with van der Waals surface area (Å²) in [6, 6.07) is 13.9. The van der Waals surface area contributed by atoms with E-state index >= 15 is 0 Å². The Labute approximate surface area is 212 Å². The van der Waals surface area contributed by atoms with Gasteiger partial charge in [0.2, 0.25) is 0 Å². The molecule has 0 amide bonds. The zero-order valence-electron chi connectivity index (χ0n) is 15.4. The molecule has 3 aliphatic carbocycles. The van der Waals surface area contributed by atoms with Gasteiger partial charge in [0.05, 0.1) is 0 Å². The minimum absolute atomic E-state index is 0. The Morgan fingerprint density at radius 2 is 1.64 bits per heavy atom. The van der Waals surface area contributed by atoms with Gasteiger partial charge in [0.1, 0.15) is 0 Å². The van der Waals surface area contributed by atoms with Crippen LogP contribution >= 0.6 is 31.9 Å². The second-order valence-corrected chi connectivity index (χ2v) is 10.1. The van der Waals surface area contributed by atoms with Crippen LogP contribution in [0.15, 0.2) is 57.5 Å². The molecule has 1 saturated carbocycles. The summed E-state index contributed by atoms with van der Waals surface area (Å²) in [5.74, 6) is 0. The molecule has 5 heteroatoms. The Hall–Kier alpha value is 0.213. The van der Waals surface area contributed by atoms with E-state index in [9.17, 15) is 0 Å². The third-order valence-electron chi connectivity index (χ3n) is 4.51. The number of hydrogen-bond donors (Lipinski definition) is 0. The first-order valence-electron chi connectivity index (χ1n) is 8.90. The van der Waals surface area contributed by atoms with Crippen LogP contribution in [0.4, 0.5) is 0 Å². The van der Waals surface area contributed by atoms with Gasteiger partial charge in [-0.3, -0.25) is 6.08 Å². The van der Waals surface area contributed by atoms with E-state index in [1.165, 1.54) is 47.9 Å². The first kappa shape index (κ1) is 26.2. The van der Waals surface area contributed by atoms with Crippen LogP contribution in [-0.2, 0) is 30.7 Å². The number of halogens is 4. The van der Waals surface area contributed by atoms with Crippen molar-refractivity contribution >= 4 is 35.1 Å². The predicted molar refractivity (Wildman–Crippen MR) is 114 cm³/mol. The summed E-state index contributed by atoms with van der Waals surface area (Å²) in [6.07, 6.45) is 16.8. The third kappa shape index (κ3) is 7.80. The second-order valence-electron chi connectivity index (χ2n) is 6.50. The maximum atomic E-state index is 3.51. The van der Waals surface area contributed by atoms with Gasteiger partial charge in [-0.05, 0) is 18.1 Å². The normalized spacial score (nSPS) is 14.6. The first-order chi connectivity index (χ1) is 12.6. The summed E-state index contributed by atoms with van der Waals surface area (Å²) in [5.41, 5.74) is 5.33. The minimum atomic E-state index is 0. The fourth-order valence-corrected chi connectivity index (χ4v) is 4.75. The van der Waals surface area contributed by atoms with Gasteiger partial charge in [0, 0.05) is 4.47 Å². The van der Waals surface area contributed by atoms with Crippen LogP contribution in [0.5, 0.6) is 0 Å². The molecule has 2 aromatic carbocycles. The average Bonchev–Trinajstić information content (AvgIpc) is 3.38. The molecule has 0 spiro atoms. The molecule has 0 heterocycles. The Kier molecular flexibility index (Phi) is 12.7. The van der Waals surface area contributed by atoms with Crippen molar-refractivity contribution in [2.24, 2.45) is 0 Å². The molecule has 1 fully saturated rings. The van der Waals surface area contributed by atoms with Crippen molar-refractivity contribution in [1.29, 1.82) is 0 Å². The molecule has 0 unspecified atom stereocenters. The summed E-state index contributed by atoms with van der Waals surface area (Å²) in [7, 11) is 0. The van der Waals surface area contributed by atoms with Crippen molar-refractivity contribution in [1.82, 2.24) is 0 Å². The van der Waals surface area contributed by atoms with E-state index in [1.54, 1.807) is 27.4 Å². The van der Waals surface area contributed by atoms with Gasteiger partial charge in [-0.2, -0.15) is 29.8 Å². The van der Waals surface area contributed by atoms with Crippen molar-refractivity contribution in [3.05, 3.63) is 80.8 Å². The van der Waals surface area contributed by atoms with Crippen molar-refractivity contribution < 1.29 is 49.0 Å². The van der Waals surface area contributed by atoms with Crippen LogP contribution in [0.2, 0.25) is 0 Å². The molecule has 0 bridgehead atoms. The molecule has 146 valence electrons. The van der Waals surface area contributed by atoms with Crippen LogP contribution in [0, 0.1) is 12.1 Å². The first-order valence-corrected chi connectivity index (χ1v) is 11.7. The van der Waals surface area contributed by atoms with E-state index in [-0.39, 0.29) is 24.8 Å². The number of allylic oxidation sites excluding steroid dienone is 4. The van der Waals surface area contributed by atoms with Crippen LogP contribution < -0.4 is 24.8 Å². The third-order valence-corrected chi connectivity index (χ3v) is 6.69. The molecule has 3 aliphatic rings. The Balaban J connectivity index is 0.000000252. The number of benzene rings is 2. The summed E-state index contributed by atoms with van der Waals surface area (Å²) in [6.45, 7) is 0. The zero-order chi connectivity index (χ0) is 18.4. The molecule has 0 radical (unpaired) electrons. The van der Waals surface area contributed by atoms with Gasteiger partial charge in [-0.1, -0.05) is 38.1 Å². The summed E-state index contributed by atoms with van der Waals surface area (Å²) >= 11 is 8.69. The zero-order valence-corrected chi connectivity index (χ0v) is 22.5. The van der Waals surface area contributed by atoms with Gasteiger partial charge in [0.15, 0.2) is 0 Å². The quantitative estimate of drug-likeness (QED) is 0.333. The van der Waals surface area contributed by atoms with Gasteiger partial charge in [0.25, 0.3) is 0 Å². The van der Waals surface area contributed by atoms with Gasteiger partial charge in [-0.25, -0.2) is 12.2 Å². The molecule has 2 aromatic rings. The molecular weight excluding hydrogens is 598 g/mol. The van der Waals surface area contributed by atoms with Crippen molar-refractivity contribution in [2.75, 3.05) is 0 Å². The van der Waals surface area contributed by atoms with E-state index in [0.29, 0.717) is 0 Å². The fourth-order valence-electron chi connectivity index (χ4n) is 3.17. The SMILES string of the molecule is Brc1c[c-]c2c(c1)-c1cc(Br)ccc1C2.[C-]1=CC=CC1.[Cl-].[Cl-].[Zr+2]=[C]1CCCC1. The molecule has 0 N–H and O–H groups in total. The topological polar surface area (TPSA) is 0 Å². The van der Waals surface area contributed by atoms with Crippen LogP contribution in [0.3, 0.4) is 0 Å². The van der Waals surface area contributed by atoms with E-state index < -0.39 is 0 Å². The van der Waals surface area contributed by atoms with Crippen LogP contribution in [-0.4, -0.2) is 3.21 Å². The van der Waals surface area contributed by atoms with Crippen molar-refractivity contribution in [2.45, 2.75) is 38.5 Å². The number of hydrogen-bond acceptors (Lipinski definition) is 0. The molecule has 0 saturated heterocycles. The fraction of sp³-hybridized carbons (Fsp3) is 0.261. The van der Waals surface area contributed by atoms with E-state index in [1.807, 2.05) is 18.2 Å². The van der Waals surface area contributed by atoms with Crippen LogP contribution in [0.25, 0.3) is 11.1 Å². The molecule has 0 nitrogen and oxygen atoms in total. The standard InChI is InChI=1S/C13H7Br2.C5H8.C5H5.2ClH.Zr/c14-10-3-1-8-5-9-2-4-11(15)7-13(9)12(8)6-10;2*1-2-4-5-3-1;;;/h1,3-4,6-7H,5H2;1-4H2;1-3H,4H2;2*1H;/q-1;;-1;;;+2/p-2. The Morgan fingerprint density at radius 3 is 2.18 bits per heavy atom. The van der Waals surface area contributed by atoms with E-state index in [0.717, 1.165) is 21.8 Å². The van der Waals surface area contributed by atoms with Gasteiger partial charge >= 0.3 is 53.1 Å². The van der Waals surface area contributed by atoms with Crippen molar-refractivity contribution in [3.63, 3.8) is 0 Å². The van der Waals surface area contributed by atoms with Crippen molar-refractivity contribution in [3.8, 4) is 11.1 Å².